The molecule has 1 aliphatic rings. The Hall–Kier alpha value is -1.88. The molecule has 1 aromatic carbocycles. The fourth-order valence-corrected chi connectivity index (χ4v) is 3.13. The van der Waals surface area contributed by atoms with Crippen molar-refractivity contribution < 1.29 is 13.9 Å². The predicted molar refractivity (Wildman–Crippen MR) is 88.7 cm³/mol. The van der Waals surface area contributed by atoms with Crippen LogP contribution in [-0.4, -0.2) is 31.2 Å². The van der Waals surface area contributed by atoms with Crippen LogP contribution in [0.15, 0.2) is 22.6 Å². The van der Waals surface area contributed by atoms with Crippen LogP contribution in [-0.2, 0) is 4.74 Å². The summed E-state index contributed by atoms with van der Waals surface area (Å²) in [6.45, 7) is 1.25. The first-order valence-electron chi connectivity index (χ1n) is 8.45. The Kier molecular flexibility index (Phi) is 5.28. The van der Waals surface area contributed by atoms with Crippen LogP contribution in [0, 0.1) is 0 Å². The number of ether oxygens (including phenoxy) is 1. The number of aromatic nitrogens is 1. The molecule has 1 aliphatic carbocycles. The van der Waals surface area contributed by atoms with E-state index in [0.717, 1.165) is 30.7 Å². The van der Waals surface area contributed by atoms with Gasteiger partial charge in [0.05, 0.1) is 0 Å². The second-order valence-corrected chi connectivity index (χ2v) is 6.17. The molecule has 0 bridgehead atoms. The molecule has 1 amide bonds. The van der Waals surface area contributed by atoms with Gasteiger partial charge in [0, 0.05) is 31.7 Å². The first kappa shape index (κ1) is 16.0. The van der Waals surface area contributed by atoms with E-state index in [2.05, 4.69) is 10.3 Å². The van der Waals surface area contributed by atoms with Crippen molar-refractivity contribution in [3.63, 3.8) is 0 Å². The molecule has 0 radical (unpaired) electrons. The quantitative estimate of drug-likeness (QED) is 0.826. The van der Waals surface area contributed by atoms with Crippen molar-refractivity contribution in [1.82, 2.24) is 10.3 Å². The third kappa shape index (κ3) is 3.91. The summed E-state index contributed by atoms with van der Waals surface area (Å²) < 4.78 is 10.9. The van der Waals surface area contributed by atoms with E-state index in [1.54, 1.807) is 19.2 Å². The van der Waals surface area contributed by atoms with Crippen molar-refractivity contribution in [2.45, 2.75) is 44.4 Å². The smallest absolute Gasteiger partial charge is 0.251 e. The summed E-state index contributed by atoms with van der Waals surface area (Å²) in [6, 6.07) is 5.47. The Morgan fingerprint density at radius 1 is 1.35 bits per heavy atom. The van der Waals surface area contributed by atoms with Crippen molar-refractivity contribution in [3.8, 4) is 0 Å². The standard InChI is InChI=1S/C18H24N2O3/c1-22-11-5-10-19-17(21)14-8-9-15-16(12-14)23-18(20-15)13-6-3-2-4-7-13/h8-9,12-13H,2-7,10-11H2,1H3,(H,19,21). The van der Waals surface area contributed by atoms with Crippen LogP contribution in [0.5, 0.6) is 0 Å². The van der Waals surface area contributed by atoms with Gasteiger partial charge in [0.1, 0.15) is 5.52 Å². The minimum atomic E-state index is -0.0846. The van der Waals surface area contributed by atoms with Crippen LogP contribution in [0.25, 0.3) is 11.1 Å². The minimum Gasteiger partial charge on any atom is -0.440 e. The van der Waals surface area contributed by atoms with E-state index >= 15 is 0 Å². The fraction of sp³-hybridized carbons (Fsp3) is 0.556. The molecule has 2 aromatic rings. The number of oxazole rings is 1. The molecular formula is C18H24N2O3. The number of rotatable bonds is 6. The lowest BCUT2D eigenvalue weighted by atomic mass is 9.89. The topological polar surface area (TPSA) is 64.4 Å². The number of nitrogens with one attached hydrogen (secondary N) is 1. The number of amides is 1. The molecule has 1 saturated carbocycles. The number of nitrogens with zero attached hydrogens (tertiary/aromatic N) is 1. The third-order valence-electron chi connectivity index (χ3n) is 4.43. The molecule has 0 spiro atoms. The lowest BCUT2D eigenvalue weighted by molar-refractivity contribution is 0.0948. The molecule has 5 nitrogen and oxygen atoms in total. The largest absolute Gasteiger partial charge is 0.440 e. The van der Waals surface area contributed by atoms with E-state index in [0.29, 0.717) is 30.2 Å². The van der Waals surface area contributed by atoms with Crippen LogP contribution < -0.4 is 5.32 Å². The SMILES string of the molecule is COCCCNC(=O)c1ccc2nc(C3CCCCC3)oc2c1. The van der Waals surface area contributed by atoms with Crippen molar-refractivity contribution in [2.24, 2.45) is 0 Å². The normalized spacial score (nSPS) is 15.9. The van der Waals surface area contributed by atoms with Crippen LogP contribution >= 0.6 is 0 Å². The highest BCUT2D eigenvalue weighted by Crippen LogP contribution is 2.33. The van der Waals surface area contributed by atoms with Gasteiger partial charge in [-0.3, -0.25) is 4.79 Å². The van der Waals surface area contributed by atoms with Gasteiger partial charge in [-0.25, -0.2) is 4.98 Å². The van der Waals surface area contributed by atoms with E-state index in [1.165, 1.54) is 19.3 Å². The van der Waals surface area contributed by atoms with Crippen LogP contribution in [0.4, 0.5) is 0 Å². The fourth-order valence-electron chi connectivity index (χ4n) is 3.13. The molecule has 0 unspecified atom stereocenters. The summed E-state index contributed by atoms with van der Waals surface area (Å²) >= 11 is 0. The molecule has 124 valence electrons. The average molecular weight is 316 g/mol. The molecule has 0 saturated heterocycles. The molecule has 1 fully saturated rings. The molecule has 1 aromatic heterocycles. The maximum Gasteiger partial charge on any atom is 0.251 e. The van der Waals surface area contributed by atoms with Gasteiger partial charge in [-0.05, 0) is 37.5 Å². The summed E-state index contributed by atoms with van der Waals surface area (Å²) in [4.78, 5) is 16.8. The minimum absolute atomic E-state index is 0.0846. The van der Waals surface area contributed by atoms with Gasteiger partial charge in [-0.15, -0.1) is 0 Å². The predicted octanol–water partition coefficient (Wildman–Crippen LogP) is 3.64. The van der Waals surface area contributed by atoms with Crippen molar-refractivity contribution in [1.29, 1.82) is 0 Å². The Balaban J connectivity index is 1.69. The van der Waals surface area contributed by atoms with Crippen molar-refractivity contribution >= 4 is 17.0 Å². The number of carbonyl (C=O) groups excluding carboxylic acids is 1. The number of carbonyl (C=O) groups is 1. The van der Waals surface area contributed by atoms with Crippen LogP contribution in [0.2, 0.25) is 0 Å². The van der Waals surface area contributed by atoms with E-state index in [4.69, 9.17) is 9.15 Å². The second kappa shape index (κ2) is 7.59. The Labute approximate surface area is 136 Å². The van der Waals surface area contributed by atoms with Crippen molar-refractivity contribution in [2.75, 3.05) is 20.3 Å². The number of hydrogen-bond acceptors (Lipinski definition) is 4. The van der Waals surface area contributed by atoms with Crippen molar-refractivity contribution in [3.05, 3.63) is 29.7 Å². The molecule has 0 aliphatic heterocycles. The van der Waals surface area contributed by atoms with Gasteiger partial charge < -0.3 is 14.5 Å². The highest BCUT2D eigenvalue weighted by atomic mass is 16.5. The van der Waals surface area contributed by atoms with Gasteiger partial charge >= 0.3 is 0 Å². The molecule has 0 atom stereocenters. The second-order valence-electron chi connectivity index (χ2n) is 6.17. The molecule has 5 heteroatoms. The molecular weight excluding hydrogens is 292 g/mol. The third-order valence-corrected chi connectivity index (χ3v) is 4.43. The summed E-state index contributed by atoms with van der Waals surface area (Å²) in [5, 5.41) is 2.89. The lowest BCUT2D eigenvalue weighted by Gasteiger charge is -2.17. The number of methoxy groups -OCH3 is 1. The maximum atomic E-state index is 12.1. The zero-order valence-corrected chi connectivity index (χ0v) is 13.6. The summed E-state index contributed by atoms with van der Waals surface area (Å²) in [5.74, 6) is 1.18. The highest BCUT2D eigenvalue weighted by Gasteiger charge is 2.21. The van der Waals surface area contributed by atoms with Crippen LogP contribution in [0.1, 0.15) is 60.7 Å². The molecule has 1 heterocycles. The van der Waals surface area contributed by atoms with E-state index in [1.807, 2.05) is 6.07 Å². The highest BCUT2D eigenvalue weighted by molar-refractivity contribution is 5.97. The van der Waals surface area contributed by atoms with Gasteiger partial charge in [0.15, 0.2) is 11.5 Å². The summed E-state index contributed by atoms with van der Waals surface area (Å²) in [7, 11) is 1.66. The Morgan fingerprint density at radius 2 is 2.17 bits per heavy atom. The number of fused-ring (bicyclic) bond motifs is 1. The van der Waals surface area contributed by atoms with Gasteiger partial charge in [-0.2, -0.15) is 0 Å². The Bertz CT molecular complexity index is 659. The molecule has 1 N–H and O–H groups in total. The number of benzene rings is 1. The van der Waals surface area contributed by atoms with Gasteiger partial charge in [0.2, 0.25) is 0 Å². The van der Waals surface area contributed by atoms with E-state index in [-0.39, 0.29) is 5.91 Å². The summed E-state index contributed by atoms with van der Waals surface area (Å²) in [5.41, 5.74) is 2.15. The van der Waals surface area contributed by atoms with Crippen LogP contribution in [0.3, 0.4) is 0 Å². The monoisotopic (exact) mass is 316 g/mol. The number of hydrogen-bond donors (Lipinski definition) is 1. The Morgan fingerprint density at radius 3 is 2.96 bits per heavy atom. The lowest BCUT2D eigenvalue weighted by Crippen LogP contribution is -2.25. The van der Waals surface area contributed by atoms with Gasteiger partial charge in [0.25, 0.3) is 5.91 Å². The zero-order chi connectivity index (χ0) is 16.1. The first-order valence-corrected chi connectivity index (χ1v) is 8.45. The average Bonchev–Trinajstić information content (AvgIpc) is 3.02. The zero-order valence-electron chi connectivity index (χ0n) is 13.6. The van der Waals surface area contributed by atoms with E-state index in [9.17, 15) is 4.79 Å². The maximum absolute atomic E-state index is 12.1. The molecule has 3 rings (SSSR count). The first-order chi connectivity index (χ1) is 11.3. The van der Waals surface area contributed by atoms with E-state index < -0.39 is 0 Å². The van der Waals surface area contributed by atoms with Gasteiger partial charge in [-0.1, -0.05) is 19.3 Å². The summed E-state index contributed by atoms with van der Waals surface area (Å²) in [6.07, 6.45) is 6.92. The molecule has 23 heavy (non-hydrogen) atoms.